The Morgan fingerprint density at radius 1 is 1.12 bits per heavy atom. The highest BCUT2D eigenvalue weighted by molar-refractivity contribution is 6.75. The van der Waals surface area contributed by atoms with Crippen molar-refractivity contribution >= 4 is 8.07 Å². The summed E-state index contributed by atoms with van der Waals surface area (Å²) in [4.78, 5) is 0. The van der Waals surface area contributed by atoms with Crippen LogP contribution in [0.4, 0.5) is 0 Å². The lowest BCUT2D eigenvalue weighted by atomic mass is 11.0. The van der Waals surface area contributed by atoms with Crippen LogP contribution in [0.5, 0.6) is 0 Å². The summed E-state index contributed by atoms with van der Waals surface area (Å²) < 4.78 is 0. The molecule has 0 N–H and O–H groups in total. The van der Waals surface area contributed by atoms with Crippen LogP contribution in [0.2, 0.25) is 25.7 Å². The van der Waals surface area contributed by atoms with Gasteiger partial charge in [-0.1, -0.05) is 32.6 Å². The second-order valence-corrected chi connectivity index (χ2v) is 8.74. The van der Waals surface area contributed by atoms with E-state index in [0.717, 1.165) is 0 Å². The van der Waals surface area contributed by atoms with Gasteiger partial charge in [-0.2, -0.15) is 0 Å². The molecule has 0 atom stereocenters. The van der Waals surface area contributed by atoms with Gasteiger partial charge in [-0.3, -0.25) is 0 Å². The minimum Gasteiger partial charge on any atom is -0.106 e. The third-order valence-electron chi connectivity index (χ3n) is 1.06. The van der Waals surface area contributed by atoms with Gasteiger partial charge < -0.3 is 0 Å². The van der Waals surface area contributed by atoms with E-state index in [0.29, 0.717) is 0 Å². The number of rotatable bonds is 1. The molecule has 0 fully saturated rings. The van der Waals surface area contributed by atoms with Crippen LogP contribution in [0.15, 0.2) is 13.2 Å². The van der Waals surface area contributed by atoms with E-state index in [-0.39, 0.29) is 0 Å². The number of hydrogen-bond donors (Lipinski definition) is 0. The van der Waals surface area contributed by atoms with Crippen LogP contribution in [0.25, 0.3) is 0 Å². The Labute approximate surface area is 54.6 Å². The fourth-order valence-electron chi connectivity index (χ4n) is 0. The molecule has 0 aliphatic carbocycles. The van der Waals surface area contributed by atoms with Crippen molar-refractivity contribution in [1.82, 2.24) is 0 Å². The largest absolute Gasteiger partial charge is 0.106 e. The normalized spacial score (nSPS) is 9.50. The fourth-order valence-corrected chi connectivity index (χ4v) is 0. The molecule has 0 rings (SSSR count). The molecule has 0 radical (unpaired) electrons. The molecule has 0 spiro atoms. The Morgan fingerprint density at radius 3 is 1.25 bits per heavy atom. The Morgan fingerprint density at radius 2 is 1.25 bits per heavy atom. The third-order valence-corrected chi connectivity index (χ3v) is 3.18. The lowest BCUT2D eigenvalue weighted by Gasteiger charge is -2.09. The van der Waals surface area contributed by atoms with Crippen molar-refractivity contribution < 1.29 is 0 Å². The van der Waals surface area contributed by atoms with Gasteiger partial charge in [0, 0.05) is 8.07 Å². The summed E-state index contributed by atoms with van der Waals surface area (Å²) in [6.07, 6.45) is 0. The van der Waals surface area contributed by atoms with Gasteiger partial charge in [-0.25, -0.2) is 0 Å². The van der Waals surface area contributed by atoms with E-state index < -0.39 is 8.07 Å². The first kappa shape index (κ1) is 10.9. The molecular weight excluding hydrogens is 112 g/mol. The molecule has 0 aromatic carbocycles. The summed E-state index contributed by atoms with van der Waals surface area (Å²) in [5, 5.41) is 0. The predicted octanol–water partition coefficient (Wildman–Crippen LogP) is 3.15. The Kier molecular flexibility index (Phi) is 6.92. The topological polar surface area (TPSA) is 0 Å². The van der Waals surface area contributed by atoms with Gasteiger partial charge in [-0.05, 0) is 0 Å². The van der Waals surface area contributed by atoms with Crippen LogP contribution >= 0.6 is 0 Å². The van der Waals surface area contributed by atoms with Crippen molar-refractivity contribution in [2.75, 3.05) is 0 Å². The molecule has 0 aromatic rings. The van der Waals surface area contributed by atoms with Gasteiger partial charge in [0.15, 0.2) is 0 Å². The zero-order valence-electron chi connectivity index (χ0n) is 6.62. The summed E-state index contributed by atoms with van der Waals surface area (Å²) in [5.74, 6) is 0. The molecule has 0 saturated carbocycles. The van der Waals surface area contributed by atoms with E-state index in [2.05, 4.69) is 39.7 Å². The Bertz CT molecular complexity index is 42.8. The molecule has 0 amide bonds. The lowest BCUT2D eigenvalue weighted by molar-refractivity contribution is 1.36. The van der Waals surface area contributed by atoms with Gasteiger partial charge in [0.2, 0.25) is 0 Å². The summed E-state index contributed by atoms with van der Waals surface area (Å²) in [5.41, 5.74) is 0. The zero-order chi connectivity index (χ0) is 7.21. The van der Waals surface area contributed by atoms with Crippen molar-refractivity contribution in [3.63, 3.8) is 0 Å². The van der Waals surface area contributed by atoms with E-state index in [1.54, 1.807) is 0 Å². The van der Waals surface area contributed by atoms with Crippen LogP contribution < -0.4 is 0 Å². The molecule has 50 valence electrons. The molecule has 0 bridgehead atoms. The highest BCUT2D eigenvalue weighted by Gasteiger charge is 2.06. The van der Waals surface area contributed by atoms with Crippen LogP contribution in [-0.4, -0.2) is 8.07 Å². The maximum Gasteiger partial charge on any atom is 0.0439 e. The quantitative estimate of drug-likeness (QED) is 0.378. The molecule has 1 heteroatoms. The van der Waals surface area contributed by atoms with Gasteiger partial charge >= 0.3 is 0 Å². The second kappa shape index (κ2) is 5.10. The molecule has 0 heterocycles. The highest BCUT2D eigenvalue weighted by Crippen LogP contribution is 2.04. The van der Waals surface area contributed by atoms with Gasteiger partial charge in [-0.15, -0.1) is 13.2 Å². The van der Waals surface area contributed by atoms with Crippen LogP contribution in [-0.2, 0) is 0 Å². The van der Waals surface area contributed by atoms with E-state index >= 15 is 0 Å². The van der Waals surface area contributed by atoms with Crippen LogP contribution in [0.1, 0.15) is 6.92 Å². The third kappa shape index (κ3) is 16.7. The Hall–Kier alpha value is -0.0431. The van der Waals surface area contributed by atoms with Crippen molar-refractivity contribution in [1.29, 1.82) is 0 Å². The van der Waals surface area contributed by atoms with Crippen LogP contribution in [0, 0.1) is 0 Å². The zero-order valence-corrected chi connectivity index (χ0v) is 7.62. The van der Waals surface area contributed by atoms with Gasteiger partial charge in [0.1, 0.15) is 0 Å². The molecular formula is C7H18Si. The first-order chi connectivity index (χ1) is 3.56. The highest BCUT2D eigenvalue weighted by atomic mass is 28.3. The van der Waals surface area contributed by atoms with Gasteiger partial charge in [0.25, 0.3) is 0 Å². The van der Waals surface area contributed by atoms with Gasteiger partial charge in [0.05, 0.1) is 0 Å². The molecule has 0 nitrogen and oxygen atoms in total. The average molecular weight is 130 g/mol. The van der Waals surface area contributed by atoms with Crippen LogP contribution in [0.3, 0.4) is 0 Å². The summed E-state index contributed by atoms with van der Waals surface area (Å²) in [6, 6.07) is 1.41. The van der Waals surface area contributed by atoms with E-state index in [1.807, 2.05) is 0 Å². The van der Waals surface area contributed by atoms with E-state index in [4.69, 9.17) is 0 Å². The lowest BCUT2D eigenvalue weighted by Crippen LogP contribution is -2.16. The fraction of sp³-hybridized carbons (Fsp3) is 0.714. The molecule has 8 heavy (non-hydrogen) atoms. The molecule has 0 aliphatic rings. The molecule has 0 unspecified atom stereocenters. The maximum absolute atomic E-state index is 3.00. The molecule has 0 aromatic heterocycles. The summed E-state index contributed by atoms with van der Waals surface area (Å²) in [6.45, 7) is 15.4. The summed E-state index contributed by atoms with van der Waals surface area (Å²) in [7, 11) is -0.631. The minimum atomic E-state index is -0.631. The van der Waals surface area contributed by atoms with E-state index in [1.165, 1.54) is 6.04 Å². The SMILES string of the molecule is C=C.CC[Si](C)(C)C. The summed E-state index contributed by atoms with van der Waals surface area (Å²) >= 11 is 0. The minimum absolute atomic E-state index is 0.631. The van der Waals surface area contributed by atoms with Crippen molar-refractivity contribution in [3.8, 4) is 0 Å². The first-order valence-corrected chi connectivity index (χ1v) is 6.77. The van der Waals surface area contributed by atoms with E-state index in [9.17, 15) is 0 Å². The molecule has 0 aliphatic heterocycles. The standard InChI is InChI=1S/C5H14Si.C2H4/c1-5-6(2,3)4;1-2/h5H2,1-4H3;1-2H2. The molecule has 0 saturated heterocycles. The Balaban J connectivity index is 0. The average Bonchev–Trinajstić information content (AvgIpc) is 1.71. The maximum atomic E-state index is 3.00. The number of hydrogen-bond acceptors (Lipinski definition) is 0. The van der Waals surface area contributed by atoms with Crippen molar-refractivity contribution in [3.05, 3.63) is 13.2 Å². The predicted molar refractivity (Wildman–Crippen MR) is 45.1 cm³/mol. The second-order valence-electron chi connectivity index (χ2n) is 2.91. The van der Waals surface area contributed by atoms with Crippen molar-refractivity contribution in [2.24, 2.45) is 0 Å². The smallest absolute Gasteiger partial charge is 0.0439 e. The monoisotopic (exact) mass is 130 g/mol. The first-order valence-electron chi connectivity index (χ1n) is 3.06. The van der Waals surface area contributed by atoms with Crippen molar-refractivity contribution in [2.45, 2.75) is 32.6 Å².